The van der Waals surface area contributed by atoms with Crippen LogP contribution in [-0.4, -0.2) is 30.9 Å². The first-order chi connectivity index (χ1) is 11.1. The number of carbonyl (C=O) groups excluding carboxylic acids is 1. The molecule has 1 aliphatic rings. The Kier molecular flexibility index (Phi) is 4.64. The average Bonchev–Trinajstić information content (AvgIpc) is 3.24. The molecule has 6 heteroatoms. The summed E-state index contributed by atoms with van der Waals surface area (Å²) in [6.45, 7) is 3.44. The van der Waals surface area contributed by atoms with Gasteiger partial charge < -0.3 is 19.6 Å². The molecule has 1 amide bonds. The molecule has 2 atom stereocenters. The van der Waals surface area contributed by atoms with E-state index in [1.165, 1.54) is 0 Å². The second-order valence-corrected chi connectivity index (χ2v) is 5.52. The van der Waals surface area contributed by atoms with Gasteiger partial charge in [0.15, 0.2) is 0 Å². The maximum absolute atomic E-state index is 11.5. The van der Waals surface area contributed by atoms with Crippen LogP contribution in [-0.2, 0) is 4.74 Å². The molecule has 23 heavy (non-hydrogen) atoms. The summed E-state index contributed by atoms with van der Waals surface area (Å²) in [4.78, 5) is 13.2. The first-order valence-electron chi connectivity index (χ1n) is 7.64. The number of cyclic esters (lactones) is 1. The van der Waals surface area contributed by atoms with Crippen LogP contribution in [0.25, 0.3) is 0 Å². The number of nitrogens with zero attached hydrogens (tertiary/aromatic N) is 1. The van der Waals surface area contributed by atoms with Gasteiger partial charge in [0.1, 0.15) is 18.5 Å². The predicted molar refractivity (Wildman–Crippen MR) is 85.2 cm³/mol. The van der Waals surface area contributed by atoms with Crippen molar-refractivity contribution in [3.63, 3.8) is 0 Å². The number of carbonyl (C=O) groups is 1. The molecule has 1 saturated heterocycles. The molecule has 2 aromatic rings. The van der Waals surface area contributed by atoms with Crippen LogP contribution in [0.1, 0.15) is 30.4 Å². The number of ether oxygens (including phenoxy) is 1. The summed E-state index contributed by atoms with van der Waals surface area (Å²) >= 11 is 0. The number of aliphatic hydroxyl groups is 1. The van der Waals surface area contributed by atoms with Gasteiger partial charge in [-0.3, -0.25) is 4.90 Å². The van der Waals surface area contributed by atoms with Gasteiger partial charge in [0.2, 0.25) is 0 Å². The maximum Gasteiger partial charge on any atom is 0.414 e. The lowest BCUT2D eigenvalue weighted by atomic mass is 10.1. The van der Waals surface area contributed by atoms with Crippen LogP contribution in [0.2, 0.25) is 0 Å². The molecule has 122 valence electrons. The van der Waals surface area contributed by atoms with Crippen LogP contribution in [0.5, 0.6) is 0 Å². The summed E-state index contributed by atoms with van der Waals surface area (Å²) in [5, 5.41) is 13.3. The zero-order valence-electron chi connectivity index (χ0n) is 12.9. The third-order valence-corrected chi connectivity index (χ3v) is 3.95. The molecule has 0 aliphatic carbocycles. The van der Waals surface area contributed by atoms with Gasteiger partial charge in [0.05, 0.1) is 12.8 Å². The molecular formula is C17H20N2O4. The third-order valence-electron chi connectivity index (χ3n) is 3.95. The van der Waals surface area contributed by atoms with Crippen molar-refractivity contribution in [2.24, 2.45) is 0 Å². The Bertz CT molecular complexity index is 639. The molecule has 0 saturated carbocycles. The highest BCUT2D eigenvalue weighted by Crippen LogP contribution is 2.22. The molecule has 1 aromatic carbocycles. The Morgan fingerprint density at radius 1 is 1.30 bits per heavy atom. The van der Waals surface area contributed by atoms with Crippen molar-refractivity contribution in [2.75, 3.05) is 24.6 Å². The van der Waals surface area contributed by atoms with E-state index in [1.807, 2.05) is 31.2 Å². The number of hydrogen-bond acceptors (Lipinski definition) is 5. The number of benzene rings is 1. The van der Waals surface area contributed by atoms with E-state index in [-0.39, 0.29) is 12.1 Å². The van der Waals surface area contributed by atoms with Crippen LogP contribution >= 0.6 is 0 Å². The quantitative estimate of drug-likeness (QED) is 0.857. The van der Waals surface area contributed by atoms with E-state index in [4.69, 9.17) is 9.15 Å². The molecule has 3 rings (SSSR count). The Hall–Kier alpha value is -2.31. The Labute approximate surface area is 134 Å². The van der Waals surface area contributed by atoms with Gasteiger partial charge >= 0.3 is 6.09 Å². The van der Waals surface area contributed by atoms with Crippen molar-refractivity contribution in [3.05, 3.63) is 54.0 Å². The lowest BCUT2D eigenvalue weighted by molar-refractivity contribution is 0.144. The van der Waals surface area contributed by atoms with Gasteiger partial charge in [-0.25, -0.2) is 4.79 Å². The van der Waals surface area contributed by atoms with Crippen molar-refractivity contribution in [1.29, 1.82) is 0 Å². The van der Waals surface area contributed by atoms with E-state index in [2.05, 4.69) is 5.32 Å². The van der Waals surface area contributed by atoms with E-state index < -0.39 is 6.10 Å². The van der Waals surface area contributed by atoms with Gasteiger partial charge in [0, 0.05) is 18.3 Å². The summed E-state index contributed by atoms with van der Waals surface area (Å²) in [6, 6.07) is 11.3. The second-order valence-electron chi connectivity index (χ2n) is 5.52. The summed E-state index contributed by atoms with van der Waals surface area (Å²) in [5.41, 5.74) is 1.91. The fourth-order valence-electron chi connectivity index (χ4n) is 2.56. The zero-order chi connectivity index (χ0) is 16.2. The second kappa shape index (κ2) is 6.85. The first kappa shape index (κ1) is 15.6. The number of anilines is 1. The lowest BCUT2D eigenvalue weighted by Crippen LogP contribution is -2.25. The molecule has 1 aromatic heterocycles. The highest BCUT2D eigenvalue weighted by Gasteiger charge is 2.23. The van der Waals surface area contributed by atoms with E-state index in [1.54, 1.807) is 23.3 Å². The monoisotopic (exact) mass is 316 g/mol. The Morgan fingerprint density at radius 3 is 2.70 bits per heavy atom. The fraction of sp³-hybridized carbons (Fsp3) is 0.353. The van der Waals surface area contributed by atoms with Gasteiger partial charge in [-0.2, -0.15) is 0 Å². The van der Waals surface area contributed by atoms with Crippen molar-refractivity contribution >= 4 is 11.8 Å². The normalized spacial score (nSPS) is 17.1. The topological polar surface area (TPSA) is 74.9 Å². The number of rotatable bonds is 6. The third kappa shape index (κ3) is 3.55. The van der Waals surface area contributed by atoms with Crippen molar-refractivity contribution in [3.8, 4) is 0 Å². The summed E-state index contributed by atoms with van der Waals surface area (Å²) in [5.74, 6) is 0.549. The van der Waals surface area contributed by atoms with E-state index in [0.717, 1.165) is 11.3 Å². The Balaban J connectivity index is 1.57. The number of nitrogens with one attached hydrogen (secondary N) is 1. The highest BCUT2D eigenvalue weighted by molar-refractivity contribution is 5.89. The summed E-state index contributed by atoms with van der Waals surface area (Å²) in [6.07, 6.45) is 0.570. The molecule has 2 unspecified atom stereocenters. The maximum atomic E-state index is 11.5. The van der Waals surface area contributed by atoms with Crippen molar-refractivity contribution in [2.45, 2.75) is 19.1 Å². The molecule has 0 radical (unpaired) electrons. The average molecular weight is 316 g/mol. The largest absolute Gasteiger partial charge is 0.467 e. The van der Waals surface area contributed by atoms with Gasteiger partial charge in [-0.15, -0.1) is 0 Å². The minimum Gasteiger partial charge on any atom is -0.467 e. The molecule has 2 N–H and O–H groups in total. The molecule has 0 spiro atoms. The minimum absolute atomic E-state index is 0.0687. The fourth-order valence-corrected chi connectivity index (χ4v) is 2.56. The summed E-state index contributed by atoms with van der Waals surface area (Å²) in [7, 11) is 0. The molecular weight excluding hydrogens is 296 g/mol. The first-order valence-corrected chi connectivity index (χ1v) is 7.64. The molecule has 0 bridgehead atoms. The van der Waals surface area contributed by atoms with Crippen LogP contribution in [0.4, 0.5) is 10.5 Å². The Morgan fingerprint density at radius 2 is 2.09 bits per heavy atom. The number of aliphatic hydroxyl groups excluding tert-OH is 1. The van der Waals surface area contributed by atoms with Crippen LogP contribution in [0.15, 0.2) is 47.1 Å². The zero-order valence-corrected chi connectivity index (χ0v) is 12.9. The molecule has 1 fully saturated rings. The number of amides is 1. The predicted octanol–water partition coefficient (Wildman–Crippen LogP) is 2.62. The molecule has 1 aliphatic heterocycles. The van der Waals surface area contributed by atoms with Crippen molar-refractivity contribution in [1.82, 2.24) is 5.32 Å². The van der Waals surface area contributed by atoms with E-state index >= 15 is 0 Å². The summed E-state index contributed by atoms with van der Waals surface area (Å²) < 4.78 is 10.1. The van der Waals surface area contributed by atoms with Crippen molar-refractivity contribution < 1.29 is 19.1 Å². The molecule has 6 nitrogen and oxygen atoms in total. The van der Waals surface area contributed by atoms with Crippen LogP contribution in [0, 0.1) is 0 Å². The van der Waals surface area contributed by atoms with Gasteiger partial charge in [-0.1, -0.05) is 12.1 Å². The number of furan rings is 1. The standard InChI is InChI=1S/C17H20N2O4/c1-12(18-11-15(20)16-3-2-9-22-16)13-4-6-14(7-5-13)19-8-10-23-17(19)21/h2-7,9,12,15,18,20H,8,10-11H2,1H3. The van der Waals surface area contributed by atoms with Gasteiger partial charge in [-0.05, 0) is 36.8 Å². The van der Waals surface area contributed by atoms with Crippen LogP contribution < -0.4 is 10.2 Å². The molecule has 2 heterocycles. The van der Waals surface area contributed by atoms with E-state index in [0.29, 0.717) is 25.5 Å². The smallest absolute Gasteiger partial charge is 0.414 e. The van der Waals surface area contributed by atoms with E-state index in [9.17, 15) is 9.90 Å². The minimum atomic E-state index is -0.675. The van der Waals surface area contributed by atoms with Gasteiger partial charge in [0.25, 0.3) is 0 Å². The number of hydrogen-bond donors (Lipinski definition) is 2. The SMILES string of the molecule is CC(NCC(O)c1ccco1)c1ccc(N2CCOC2=O)cc1. The van der Waals surface area contributed by atoms with Crippen LogP contribution in [0.3, 0.4) is 0 Å². The lowest BCUT2D eigenvalue weighted by Gasteiger charge is -2.18. The highest BCUT2D eigenvalue weighted by atomic mass is 16.6.